The molecule has 1 fully saturated rings. The maximum absolute atomic E-state index is 13.3. The predicted molar refractivity (Wildman–Crippen MR) is 71.4 cm³/mol. The monoisotopic (exact) mass is 320 g/mol. The molecule has 0 amide bonds. The molecule has 17 heavy (non-hydrogen) atoms. The fourth-order valence-corrected chi connectivity index (χ4v) is 3.46. The minimum Gasteiger partial charge on any atom is -0.381 e. The summed E-state index contributed by atoms with van der Waals surface area (Å²) in [6.07, 6.45) is 2.03. The average Bonchev–Trinajstić information content (AvgIpc) is 2.34. The highest BCUT2D eigenvalue weighted by molar-refractivity contribution is 9.09. The summed E-state index contributed by atoms with van der Waals surface area (Å²) in [7, 11) is 0. The zero-order valence-electron chi connectivity index (χ0n) is 9.68. The molecule has 0 bridgehead atoms. The zero-order chi connectivity index (χ0) is 12.4. The van der Waals surface area contributed by atoms with Gasteiger partial charge in [0.15, 0.2) is 0 Å². The molecule has 1 aliphatic rings. The van der Waals surface area contributed by atoms with Gasteiger partial charge >= 0.3 is 0 Å². The summed E-state index contributed by atoms with van der Waals surface area (Å²) in [5.74, 6) is 0.261. The van der Waals surface area contributed by atoms with Crippen molar-refractivity contribution >= 4 is 27.5 Å². The third kappa shape index (κ3) is 3.01. The molecule has 0 aliphatic carbocycles. The molecule has 0 N–H and O–H groups in total. The molecule has 1 heterocycles. The van der Waals surface area contributed by atoms with Crippen LogP contribution in [0.4, 0.5) is 4.39 Å². The molecule has 1 aliphatic heterocycles. The Hall–Kier alpha value is -0.120. The van der Waals surface area contributed by atoms with Gasteiger partial charge in [0, 0.05) is 23.1 Å². The number of rotatable bonds is 2. The van der Waals surface area contributed by atoms with Gasteiger partial charge in [0.05, 0.1) is 0 Å². The Labute approximate surface area is 114 Å². The summed E-state index contributed by atoms with van der Waals surface area (Å²) >= 11 is 9.81. The summed E-state index contributed by atoms with van der Waals surface area (Å²) in [4.78, 5) is 0.179. The van der Waals surface area contributed by atoms with Gasteiger partial charge in [0.25, 0.3) is 0 Å². The van der Waals surface area contributed by atoms with Crippen LogP contribution in [0.15, 0.2) is 12.1 Å². The lowest BCUT2D eigenvalue weighted by Gasteiger charge is -2.27. The lowest BCUT2D eigenvalue weighted by atomic mass is 9.91. The SMILES string of the molecule is Cc1cc(C(Br)C2CCOCC2)c(Cl)cc1F. The molecule has 2 rings (SSSR count). The van der Waals surface area contributed by atoms with Crippen LogP contribution in [-0.2, 0) is 4.74 Å². The van der Waals surface area contributed by atoms with E-state index in [9.17, 15) is 4.39 Å². The Morgan fingerprint density at radius 3 is 2.71 bits per heavy atom. The molecule has 1 unspecified atom stereocenters. The highest BCUT2D eigenvalue weighted by Crippen LogP contribution is 2.40. The Morgan fingerprint density at radius 1 is 1.41 bits per heavy atom. The van der Waals surface area contributed by atoms with Crippen LogP contribution < -0.4 is 0 Å². The van der Waals surface area contributed by atoms with Crippen LogP contribution in [0.25, 0.3) is 0 Å². The molecular weight excluding hydrogens is 306 g/mol. The van der Waals surface area contributed by atoms with Crippen LogP contribution in [-0.4, -0.2) is 13.2 Å². The van der Waals surface area contributed by atoms with Crippen LogP contribution in [0.2, 0.25) is 5.02 Å². The molecule has 1 saturated heterocycles. The van der Waals surface area contributed by atoms with Crippen LogP contribution in [0.3, 0.4) is 0 Å². The van der Waals surface area contributed by atoms with Crippen molar-refractivity contribution in [1.82, 2.24) is 0 Å². The van der Waals surface area contributed by atoms with E-state index in [4.69, 9.17) is 16.3 Å². The van der Waals surface area contributed by atoms with Gasteiger partial charge < -0.3 is 4.74 Å². The van der Waals surface area contributed by atoms with Gasteiger partial charge in [-0.1, -0.05) is 33.6 Å². The number of aryl methyl sites for hydroxylation is 1. The van der Waals surface area contributed by atoms with Gasteiger partial charge in [-0.15, -0.1) is 0 Å². The van der Waals surface area contributed by atoms with E-state index in [-0.39, 0.29) is 10.6 Å². The molecule has 1 atom stereocenters. The average molecular weight is 322 g/mol. The first-order valence-electron chi connectivity index (χ1n) is 5.77. The van der Waals surface area contributed by atoms with Crippen molar-refractivity contribution in [3.8, 4) is 0 Å². The molecule has 0 saturated carbocycles. The topological polar surface area (TPSA) is 9.23 Å². The highest BCUT2D eigenvalue weighted by atomic mass is 79.9. The van der Waals surface area contributed by atoms with Crippen molar-refractivity contribution in [3.05, 3.63) is 34.1 Å². The van der Waals surface area contributed by atoms with E-state index in [1.807, 2.05) is 6.07 Å². The van der Waals surface area contributed by atoms with Crippen molar-refractivity contribution in [2.75, 3.05) is 13.2 Å². The number of benzene rings is 1. The number of hydrogen-bond acceptors (Lipinski definition) is 1. The van der Waals surface area contributed by atoms with Crippen LogP contribution in [0, 0.1) is 18.7 Å². The Kier molecular flexibility index (Phi) is 4.45. The van der Waals surface area contributed by atoms with Crippen LogP contribution in [0.5, 0.6) is 0 Å². The Bertz CT molecular complexity index is 405. The summed E-state index contributed by atoms with van der Waals surface area (Å²) in [5, 5.41) is 0.501. The van der Waals surface area contributed by atoms with E-state index in [1.54, 1.807) is 6.92 Å². The zero-order valence-corrected chi connectivity index (χ0v) is 12.0. The summed E-state index contributed by atoms with van der Waals surface area (Å²) < 4.78 is 18.7. The lowest BCUT2D eigenvalue weighted by molar-refractivity contribution is 0.0662. The smallest absolute Gasteiger partial charge is 0.127 e. The molecular formula is C13H15BrClFO. The second-order valence-corrected chi connectivity index (χ2v) is 5.87. The molecule has 0 spiro atoms. The quantitative estimate of drug-likeness (QED) is 0.720. The minimum atomic E-state index is -0.245. The largest absolute Gasteiger partial charge is 0.381 e. The number of halogens is 3. The maximum Gasteiger partial charge on any atom is 0.127 e. The first-order valence-corrected chi connectivity index (χ1v) is 7.06. The van der Waals surface area contributed by atoms with Crippen molar-refractivity contribution in [3.63, 3.8) is 0 Å². The molecule has 4 heteroatoms. The van der Waals surface area contributed by atoms with Gasteiger partial charge in [0.1, 0.15) is 5.82 Å². The van der Waals surface area contributed by atoms with Crippen LogP contribution in [0.1, 0.15) is 28.8 Å². The number of hydrogen-bond donors (Lipinski definition) is 0. The van der Waals surface area contributed by atoms with Gasteiger partial charge in [-0.05, 0) is 42.9 Å². The third-order valence-corrected chi connectivity index (χ3v) is 4.82. The van der Waals surface area contributed by atoms with Gasteiger partial charge in [0.2, 0.25) is 0 Å². The summed E-state index contributed by atoms with van der Waals surface area (Å²) in [6.45, 7) is 3.36. The molecule has 0 aromatic heterocycles. The van der Waals surface area contributed by atoms with E-state index < -0.39 is 0 Å². The predicted octanol–water partition coefficient (Wildman–Crippen LogP) is 4.65. The van der Waals surface area contributed by atoms with Crippen molar-refractivity contribution in [1.29, 1.82) is 0 Å². The Balaban J connectivity index is 2.23. The highest BCUT2D eigenvalue weighted by Gasteiger charge is 2.25. The molecule has 1 aromatic carbocycles. The fourth-order valence-electron chi connectivity index (χ4n) is 2.15. The van der Waals surface area contributed by atoms with E-state index in [2.05, 4.69) is 15.9 Å². The van der Waals surface area contributed by atoms with E-state index >= 15 is 0 Å². The summed E-state index contributed by atoms with van der Waals surface area (Å²) in [5.41, 5.74) is 1.62. The normalized spacial score (nSPS) is 19.3. The first kappa shape index (κ1) is 13.3. The Morgan fingerprint density at radius 2 is 2.06 bits per heavy atom. The van der Waals surface area contributed by atoms with Gasteiger partial charge in [-0.25, -0.2) is 4.39 Å². The van der Waals surface area contributed by atoms with Crippen molar-refractivity contribution in [2.45, 2.75) is 24.6 Å². The van der Waals surface area contributed by atoms with Crippen molar-refractivity contribution in [2.24, 2.45) is 5.92 Å². The fraction of sp³-hybridized carbons (Fsp3) is 0.538. The molecule has 94 valence electrons. The first-order chi connectivity index (χ1) is 8.09. The van der Waals surface area contributed by atoms with Crippen molar-refractivity contribution < 1.29 is 9.13 Å². The van der Waals surface area contributed by atoms with E-state index in [0.717, 1.165) is 31.6 Å². The number of ether oxygens (including phenoxy) is 1. The molecule has 1 aromatic rings. The lowest BCUT2D eigenvalue weighted by Crippen LogP contribution is -2.19. The molecule has 0 radical (unpaired) electrons. The molecule has 1 nitrogen and oxygen atoms in total. The second-order valence-electron chi connectivity index (χ2n) is 4.47. The van der Waals surface area contributed by atoms with Gasteiger partial charge in [-0.2, -0.15) is 0 Å². The minimum absolute atomic E-state index is 0.179. The van der Waals surface area contributed by atoms with E-state index in [0.29, 0.717) is 16.5 Å². The van der Waals surface area contributed by atoms with E-state index in [1.165, 1.54) is 6.07 Å². The second kappa shape index (κ2) is 5.68. The maximum atomic E-state index is 13.3. The van der Waals surface area contributed by atoms with Crippen LogP contribution >= 0.6 is 27.5 Å². The third-order valence-electron chi connectivity index (χ3n) is 3.25. The summed E-state index contributed by atoms with van der Waals surface area (Å²) in [6, 6.07) is 3.24. The van der Waals surface area contributed by atoms with Gasteiger partial charge in [-0.3, -0.25) is 0 Å². The number of alkyl halides is 1. The standard InChI is InChI=1S/C13H15BrClFO/c1-8-6-10(11(15)7-12(8)16)13(14)9-2-4-17-5-3-9/h6-7,9,13H,2-5H2,1H3.